The van der Waals surface area contributed by atoms with Crippen LogP contribution in [0.3, 0.4) is 0 Å². The molecule has 1 fully saturated rings. The van der Waals surface area contributed by atoms with Gasteiger partial charge in [0.15, 0.2) is 11.4 Å². The van der Waals surface area contributed by atoms with Crippen molar-refractivity contribution in [2.24, 2.45) is 0 Å². The number of hydrogen-bond acceptors (Lipinski definition) is 7. The van der Waals surface area contributed by atoms with E-state index >= 15 is 0 Å². The molecule has 1 amide bonds. The highest BCUT2D eigenvalue weighted by molar-refractivity contribution is 6.15. The van der Waals surface area contributed by atoms with Crippen molar-refractivity contribution >= 4 is 29.0 Å². The molecule has 0 spiro atoms. The smallest absolute Gasteiger partial charge is 0.407 e. The van der Waals surface area contributed by atoms with Crippen LogP contribution in [0.5, 0.6) is 11.5 Å². The number of nitrogens with zero attached hydrogens (tertiary/aromatic N) is 4. The van der Waals surface area contributed by atoms with Gasteiger partial charge in [-0.15, -0.1) is 0 Å². The summed E-state index contributed by atoms with van der Waals surface area (Å²) >= 11 is 0. The van der Waals surface area contributed by atoms with E-state index in [2.05, 4.69) is 20.1 Å². The van der Waals surface area contributed by atoms with Crippen LogP contribution < -0.4 is 9.47 Å². The fraction of sp³-hybridized carbons (Fsp3) is 0.333. The minimum atomic E-state index is -0.910. The molecule has 2 aliphatic rings. The number of H-pyrrole nitrogens is 1. The molecule has 3 aromatic rings. The number of ketones is 1. The molecule has 0 aliphatic carbocycles. The van der Waals surface area contributed by atoms with Gasteiger partial charge in [-0.25, -0.2) is 9.78 Å². The Morgan fingerprint density at radius 1 is 1.29 bits per heavy atom. The Labute approximate surface area is 195 Å². The summed E-state index contributed by atoms with van der Waals surface area (Å²) in [4.78, 5) is 32.3. The Kier molecular flexibility index (Phi) is 5.66. The van der Waals surface area contributed by atoms with Crippen LogP contribution in [-0.4, -0.2) is 74.8 Å². The largest absolute Gasteiger partial charge is 0.493 e. The first kappa shape index (κ1) is 21.9. The number of carbonyl (C=O) groups excluding carboxylic acids is 1. The number of allylic oxidation sites excluding steroid dienone is 1. The summed E-state index contributed by atoms with van der Waals surface area (Å²) in [6, 6.07) is 7.08. The molecule has 1 aromatic carbocycles. The predicted molar refractivity (Wildman–Crippen MR) is 124 cm³/mol. The third kappa shape index (κ3) is 3.75. The Morgan fingerprint density at radius 2 is 2.09 bits per heavy atom. The molecule has 10 nitrogen and oxygen atoms in total. The van der Waals surface area contributed by atoms with Crippen LogP contribution in [0.4, 0.5) is 4.79 Å². The summed E-state index contributed by atoms with van der Waals surface area (Å²) in [5, 5.41) is 17.2. The molecule has 1 atom stereocenters. The number of rotatable bonds is 5. The molecule has 1 saturated heterocycles. The van der Waals surface area contributed by atoms with Crippen LogP contribution in [0.2, 0.25) is 0 Å². The first-order valence-electron chi connectivity index (χ1n) is 11.2. The summed E-state index contributed by atoms with van der Waals surface area (Å²) < 4.78 is 12.1. The van der Waals surface area contributed by atoms with Gasteiger partial charge in [-0.2, -0.15) is 5.10 Å². The SMILES string of the molecule is CCOc1ccc2c(c1C(C)N1CCN(C(=O)O)CC1)OC(=Cc1n[nH]c3ncccc13)C2=O. The molecule has 2 aliphatic heterocycles. The molecule has 2 N–H and O–H groups in total. The zero-order chi connectivity index (χ0) is 23.8. The van der Waals surface area contributed by atoms with Gasteiger partial charge in [0, 0.05) is 49.9 Å². The van der Waals surface area contributed by atoms with Crippen LogP contribution in [-0.2, 0) is 0 Å². The van der Waals surface area contributed by atoms with Gasteiger partial charge >= 0.3 is 6.09 Å². The second-order valence-electron chi connectivity index (χ2n) is 8.22. The molecular formula is C24H25N5O5. The number of piperazine rings is 1. The molecule has 176 valence electrons. The normalized spacial score (nSPS) is 18.2. The van der Waals surface area contributed by atoms with Gasteiger partial charge in [0.2, 0.25) is 5.78 Å². The lowest BCUT2D eigenvalue weighted by Crippen LogP contribution is -2.48. The molecule has 0 bridgehead atoms. The Balaban J connectivity index is 1.49. The molecular weight excluding hydrogens is 438 g/mol. The van der Waals surface area contributed by atoms with Crippen LogP contribution >= 0.6 is 0 Å². The van der Waals surface area contributed by atoms with Gasteiger partial charge in [-0.3, -0.25) is 14.8 Å². The molecule has 2 aromatic heterocycles. The fourth-order valence-electron chi connectivity index (χ4n) is 4.52. The minimum absolute atomic E-state index is 0.144. The Morgan fingerprint density at radius 3 is 2.82 bits per heavy atom. The van der Waals surface area contributed by atoms with Crippen molar-refractivity contribution < 1.29 is 24.2 Å². The summed E-state index contributed by atoms with van der Waals surface area (Å²) in [6.45, 7) is 6.39. The van der Waals surface area contributed by atoms with Crippen molar-refractivity contribution in [2.75, 3.05) is 32.8 Å². The standard InChI is InChI=1S/C24H25N5O5/c1-3-33-18-7-6-16-21(30)19(13-17-15-5-4-8-25-23(15)27-26-17)34-22(16)20(18)14(2)28-9-11-29(12-10-28)24(31)32/h4-8,13-14H,3,9-12H2,1-2H3,(H,31,32)(H,25,26,27). The van der Waals surface area contributed by atoms with E-state index in [0.29, 0.717) is 61.2 Å². The molecule has 5 rings (SSSR count). The maximum atomic E-state index is 13.2. The topological polar surface area (TPSA) is 121 Å². The maximum absolute atomic E-state index is 13.2. The number of fused-ring (bicyclic) bond motifs is 2. The Bertz CT molecular complexity index is 1290. The van der Waals surface area contributed by atoms with Crippen molar-refractivity contribution in [2.45, 2.75) is 19.9 Å². The van der Waals surface area contributed by atoms with Gasteiger partial charge in [-0.05, 0) is 38.1 Å². The first-order chi connectivity index (χ1) is 16.5. The van der Waals surface area contributed by atoms with E-state index in [4.69, 9.17) is 9.47 Å². The van der Waals surface area contributed by atoms with Crippen molar-refractivity contribution in [3.05, 3.63) is 53.0 Å². The number of hydrogen-bond donors (Lipinski definition) is 2. The quantitative estimate of drug-likeness (QED) is 0.553. The molecule has 10 heteroatoms. The lowest BCUT2D eigenvalue weighted by molar-refractivity contribution is 0.0875. The first-order valence-corrected chi connectivity index (χ1v) is 11.2. The minimum Gasteiger partial charge on any atom is -0.493 e. The number of carboxylic acid groups (broad SMARTS) is 1. The van der Waals surface area contributed by atoms with E-state index in [-0.39, 0.29) is 17.6 Å². The number of carbonyl (C=O) groups is 2. The number of aromatic nitrogens is 3. The zero-order valence-corrected chi connectivity index (χ0v) is 18.9. The third-order valence-corrected chi connectivity index (χ3v) is 6.32. The van der Waals surface area contributed by atoms with Gasteiger partial charge in [-0.1, -0.05) is 0 Å². The molecule has 34 heavy (non-hydrogen) atoms. The number of benzene rings is 1. The fourth-order valence-corrected chi connectivity index (χ4v) is 4.52. The molecule has 4 heterocycles. The van der Waals surface area contributed by atoms with Gasteiger partial charge in [0.05, 0.1) is 23.4 Å². The second kappa shape index (κ2) is 8.79. The van der Waals surface area contributed by atoms with Crippen molar-refractivity contribution in [3.63, 3.8) is 0 Å². The van der Waals surface area contributed by atoms with Crippen LogP contribution in [0.1, 0.15) is 41.5 Å². The van der Waals surface area contributed by atoms with Crippen molar-refractivity contribution in [1.29, 1.82) is 0 Å². The van der Waals surface area contributed by atoms with E-state index in [1.807, 2.05) is 26.0 Å². The van der Waals surface area contributed by atoms with Crippen LogP contribution in [0, 0.1) is 0 Å². The zero-order valence-electron chi connectivity index (χ0n) is 18.9. The number of Topliss-reactive ketones (excluding diaryl/α,β-unsaturated/α-hetero) is 1. The van der Waals surface area contributed by atoms with Crippen LogP contribution in [0.25, 0.3) is 17.1 Å². The predicted octanol–water partition coefficient (Wildman–Crippen LogP) is 3.33. The van der Waals surface area contributed by atoms with Gasteiger partial charge in [0.25, 0.3) is 0 Å². The Hall–Kier alpha value is -3.92. The van der Waals surface area contributed by atoms with E-state index in [1.165, 1.54) is 4.90 Å². The highest BCUT2D eigenvalue weighted by Gasteiger charge is 2.36. The summed E-state index contributed by atoms with van der Waals surface area (Å²) in [5.41, 5.74) is 2.46. The number of aromatic amines is 1. The van der Waals surface area contributed by atoms with E-state index in [1.54, 1.807) is 24.4 Å². The van der Waals surface area contributed by atoms with Crippen molar-refractivity contribution in [1.82, 2.24) is 25.0 Å². The number of nitrogens with one attached hydrogen (secondary N) is 1. The summed E-state index contributed by atoms with van der Waals surface area (Å²) in [6.07, 6.45) is 2.39. The summed E-state index contributed by atoms with van der Waals surface area (Å²) in [5.74, 6) is 1.10. The lowest BCUT2D eigenvalue weighted by Gasteiger charge is -2.37. The molecule has 0 saturated carbocycles. The van der Waals surface area contributed by atoms with Crippen LogP contribution in [0.15, 0.2) is 36.2 Å². The number of pyridine rings is 1. The number of amides is 1. The average Bonchev–Trinajstić information content (AvgIpc) is 3.40. The van der Waals surface area contributed by atoms with Gasteiger partial charge < -0.3 is 19.5 Å². The highest BCUT2D eigenvalue weighted by Crippen LogP contribution is 2.45. The maximum Gasteiger partial charge on any atom is 0.407 e. The van der Waals surface area contributed by atoms with Crippen molar-refractivity contribution in [3.8, 4) is 11.5 Å². The molecule has 0 radical (unpaired) electrons. The van der Waals surface area contributed by atoms with E-state index < -0.39 is 6.09 Å². The van der Waals surface area contributed by atoms with Gasteiger partial charge in [0.1, 0.15) is 11.5 Å². The second-order valence-corrected chi connectivity index (χ2v) is 8.22. The lowest BCUT2D eigenvalue weighted by atomic mass is 9.99. The highest BCUT2D eigenvalue weighted by atomic mass is 16.5. The number of ether oxygens (including phenoxy) is 2. The summed E-state index contributed by atoms with van der Waals surface area (Å²) in [7, 11) is 0. The molecule has 1 unspecified atom stereocenters. The van der Waals surface area contributed by atoms with E-state index in [9.17, 15) is 14.7 Å². The van der Waals surface area contributed by atoms with E-state index in [0.717, 1.165) is 10.9 Å². The monoisotopic (exact) mass is 463 g/mol. The average molecular weight is 463 g/mol. The third-order valence-electron chi connectivity index (χ3n) is 6.32.